The average Bonchev–Trinajstić information content (AvgIpc) is 2.47. The van der Waals surface area contributed by atoms with Crippen molar-refractivity contribution in [3.05, 3.63) is 59.7 Å². The van der Waals surface area contributed by atoms with Gasteiger partial charge in [0, 0.05) is 24.3 Å². The van der Waals surface area contributed by atoms with Crippen LogP contribution < -0.4 is 10.6 Å². The van der Waals surface area contributed by atoms with Gasteiger partial charge >= 0.3 is 0 Å². The summed E-state index contributed by atoms with van der Waals surface area (Å²) in [5, 5.41) is 15.4. The van der Waals surface area contributed by atoms with E-state index in [1.807, 2.05) is 31.2 Å². The van der Waals surface area contributed by atoms with Crippen molar-refractivity contribution in [1.29, 1.82) is 0 Å². The van der Waals surface area contributed by atoms with E-state index >= 15 is 0 Å². The summed E-state index contributed by atoms with van der Waals surface area (Å²) < 4.78 is 0. The van der Waals surface area contributed by atoms with E-state index in [4.69, 9.17) is 0 Å². The Morgan fingerprint density at radius 2 is 1.85 bits per heavy atom. The van der Waals surface area contributed by atoms with Gasteiger partial charge in [-0.1, -0.05) is 12.1 Å². The molecule has 0 spiro atoms. The highest BCUT2D eigenvalue weighted by atomic mass is 16.3. The Balaban J connectivity index is 2.08. The number of aromatic hydroxyl groups is 1. The largest absolute Gasteiger partial charge is 0.508 e. The third-order valence-electron chi connectivity index (χ3n) is 3.13. The normalized spacial score (nSPS) is 11.7. The van der Waals surface area contributed by atoms with Crippen molar-refractivity contribution < 1.29 is 9.90 Å². The molecule has 0 aliphatic carbocycles. The minimum atomic E-state index is -0.0995. The van der Waals surface area contributed by atoms with Crippen LogP contribution in [0.4, 0.5) is 5.69 Å². The highest BCUT2D eigenvalue weighted by Gasteiger charge is 2.07. The molecule has 0 bridgehead atoms. The Morgan fingerprint density at radius 3 is 2.45 bits per heavy atom. The molecule has 2 aromatic rings. The van der Waals surface area contributed by atoms with Gasteiger partial charge in [-0.05, 0) is 48.9 Å². The molecule has 0 heterocycles. The maximum absolute atomic E-state index is 11.4. The monoisotopic (exact) mass is 270 g/mol. The van der Waals surface area contributed by atoms with Crippen molar-refractivity contribution in [2.75, 3.05) is 12.4 Å². The predicted molar refractivity (Wildman–Crippen MR) is 80.0 cm³/mol. The van der Waals surface area contributed by atoms with Crippen molar-refractivity contribution in [2.45, 2.75) is 13.0 Å². The highest BCUT2D eigenvalue weighted by Crippen LogP contribution is 2.22. The van der Waals surface area contributed by atoms with E-state index in [1.165, 1.54) is 0 Å². The highest BCUT2D eigenvalue weighted by molar-refractivity contribution is 5.94. The fourth-order valence-electron chi connectivity index (χ4n) is 1.99. The van der Waals surface area contributed by atoms with E-state index in [-0.39, 0.29) is 17.7 Å². The number of carbonyl (C=O) groups is 1. The van der Waals surface area contributed by atoms with Crippen molar-refractivity contribution in [2.24, 2.45) is 0 Å². The Hall–Kier alpha value is -2.49. The SMILES string of the molecule is CNC(=O)c1ccc(NC(C)c2cccc(O)c2)cc1. The molecule has 1 unspecified atom stereocenters. The topological polar surface area (TPSA) is 61.4 Å². The second-order valence-corrected chi connectivity index (χ2v) is 4.62. The van der Waals surface area contributed by atoms with Crippen LogP contribution in [0.1, 0.15) is 28.9 Å². The quantitative estimate of drug-likeness (QED) is 0.800. The lowest BCUT2D eigenvalue weighted by atomic mass is 10.1. The average molecular weight is 270 g/mol. The molecule has 0 aliphatic heterocycles. The van der Waals surface area contributed by atoms with E-state index in [0.29, 0.717) is 5.56 Å². The molecule has 1 amide bonds. The van der Waals surface area contributed by atoms with Crippen molar-refractivity contribution in [3.63, 3.8) is 0 Å². The number of carbonyl (C=O) groups excluding carboxylic acids is 1. The van der Waals surface area contributed by atoms with Crippen LogP contribution >= 0.6 is 0 Å². The van der Waals surface area contributed by atoms with Crippen LogP contribution in [-0.2, 0) is 0 Å². The van der Waals surface area contributed by atoms with Crippen LogP contribution in [0, 0.1) is 0 Å². The van der Waals surface area contributed by atoms with Crippen molar-refractivity contribution in [3.8, 4) is 5.75 Å². The van der Waals surface area contributed by atoms with E-state index < -0.39 is 0 Å². The summed E-state index contributed by atoms with van der Waals surface area (Å²) in [7, 11) is 1.61. The van der Waals surface area contributed by atoms with Gasteiger partial charge in [-0.15, -0.1) is 0 Å². The summed E-state index contributed by atoms with van der Waals surface area (Å²) in [5.74, 6) is 0.156. The Morgan fingerprint density at radius 1 is 1.15 bits per heavy atom. The number of phenolic OH excluding ortho intramolecular Hbond substituents is 1. The number of anilines is 1. The molecule has 0 radical (unpaired) electrons. The Labute approximate surface area is 118 Å². The third-order valence-corrected chi connectivity index (χ3v) is 3.13. The molecule has 3 N–H and O–H groups in total. The summed E-state index contributed by atoms with van der Waals surface area (Å²) in [5.41, 5.74) is 2.55. The molecule has 0 aromatic heterocycles. The lowest BCUT2D eigenvalue weighted by Crippen LogP contribution is -2.17. The summed E-state index contributed by atoms with van der Waals surface area (Å²) in [6.07, 6.45) is 0. The van der Waals surface area contributed by atoms with Gasteiger partial charge in [-0.2, -0.15) is 0 Å². The zero-order valence-corrected chi connectivity index (χ0v) is 11.6. The molecule has 4 nitrogen and oxygen atoms in total. The second kappa shape index (κ2) is 6.10. The van der Waals surface area contributed by atoms with Gasteiger partial charge in [0.15, 0.2) is 0 Å². The number of hydrogen-bond acceptors (Lipinski definition) is 3. The fourth-order valence-corrected chi connectivity index (χ4v) is 1.99. The lowest BCUT2D eigenvalue weighted by Gasteiger charge is -2.16. The summed E-state index contributed by atoms with van der Waals surface area (Å²) in [6, 6.07) is 14.5. The predicted octanol–water partition coefficient (Wildman–Crippen LogP) is 2.92. The van der Waals surface area contributed by atoms with Crippen LogP contribution in [0.5, 0.6) is 5.75 Å². The Bertz CT molecular complexity index is 594. The molecule has 104 valence electrons. The molecule has 0 saturated carbocycles. The molecule has 0 saturated heterocycles. The molecule has 1 atom stereocenters. The molecule has 20 heavy (non-hydrogen) atoms. The number of rotatable bonds is 4. The molecule has 2 aromatic carbocycles. The zero-order valence-electron chi connectivity index (χ0n) is 11.6. The third kappa shape index (κ3) is 3.29. The number of amides is 1. The van der Waals surface area contributed by atoms with E-state index in [9.17, 15) is 9.90 Å². The standard InChI is InChI=1S/C16H18N2O2/c1-11(13-4-3-5-15(19)10-13)18-14-8-6-12(7-9-14)16(20)17-2/h3-11,18-19H,1-2H3,(H,17,20). The van der Waals surface area contributed by atoms with Gasteiger partial charge in [-0.3, -0.25) is 4.79 Å². The first-order valence-corrected chi connectivity index (χ1v) is 6.48. The molecule has 4 heteroatoms. The van der Waals surface area contributed by atoms with Crippen LogP contribution in [0.15, 0.2) is 48.5 Å². The molecule has 0 fully saturated rings. The molecular weight excluding hydrogens is 252 g/mol. The first kappa shape index (κ1) is 13.9. The summed E-state index contributed by atoms with van der Waals surface area (Å²) in [6.45, 7) is 2.02. The first-order valence-electron chi connectivity index (χ1n) is 6.48. The van der Waals surface area contributed by atoms with E-state index in [1.54, 1.807) is 31.3 Å². The number of nitrogens with one attached hydrogen (secondary N) is 2. The zero-order chi connectivity index (χ0) is 14.5. The van der Waals surface area contributed by atoms with E-state index in [0.717, 1.165) is 11.3 Å². The van der Waals surface area contributed by atoms with Gasteiger partial charge in [0.1, 0.15) is 5.75 Å². The van der Waals surface area contributed by atoms with Crippen LogP contribution in [0.3, 0.4) is 0 Å². The number of hydrogen-bond donors (Lipinski definition) is 3. The smallest absolute Gasteiger partial charge is 0.251 e. The van der Waals surface area contributed by atoms with Gasteiger partial charge < -0.3 is 15.7 Å². The van der Waals surface area contributed by atoms with E-state index in [2.05, 4.69) is 10.6 Å². The van der Waals surface area contributed by atoms with Crippen molar-refractivity contribution >= 4 is 11.6 Å². The fraction of sp³-hybridized carbons (Fsp3) is 0.188. The minimum Gasteiger partial charge on any atom is -0.508 e. The van der Waals surface area contributed by atoms with Crippen LogP contribution in [0.2, 0.25) is 0 Å². The lowest BCUT2D eigenvalue weighted by molar-refractivity contribution is 0.0963. The minimum absolute atomic E-state index is 0.0629. The molecular formula is C16H18N2O2. The molecule has 2 rings (SSSR count). The maximum Gasteiger partial charge on any atom is 0.251 e. The summed E-state index contributed by atoms with van der Waals surface area (Å²) >= 11 is 0. The van der Waals surface area contributed by atoms with Crippen LogP contribution in [-0.4, -0.2) is 18.1 Å². The van der Waals surface area contributed by atoms with Crippen molar-refractivity contribution in [1.82, 2.24) is 5.32 Å². The second-order valence-electron chi connectivity index (χ2n) is 4.62. The van der Waals surface area contributed by atoms with Gasteiger partial charge in [0.2, 0.25) is 0 Å². The number of benzene rings is 2. The van der Waals surface area contributed by atoms with Gasteiger partial charge in [-0.25, -0.2) is 0 Å². The van der Waals surface area contributed by atoms with Gasteiger partial charge in [0.25, 0.3) is 5.91 Å². The van der Waals surface area contributed by atoms with Crippen LogP contribution in [0.25, 0.3) is 0 Å². The first-order chi connectivity index (χ1) is 9.60. The molecule has 0 aliphatic rings. The summed E-state index contributed by atoms with van der Waals surface area (Å²) in [4.78, 5) is 11.4. The maximum atomic E-state index is 11.4. The Kier molecular flexibility index (Phi) is 4.25. The number of phenols is 1. The van der Waals surface area contributed by atoms with Gasteiger partial charge in [0.05, 0.1) is 0 Å².